The molecule has 1 aromatic heterocycles. The maximum Gasteiger partial charge on any atom is 0.408 e. The molecule has 2 N–H and O–H groups in total. The van der Waals surface area contributed by atoms with Gasteiger partial charge >= 0.3 is 17.8 Å². The van der Waals surface area contributed by atoms with Crippen molar-refractivity contribution in [1.82, 2.24) is 14.9 Å². The molecule has 0 saturated carbocycles. The summed E-state index contributed by atoms with van der Waals surface area (Å²) < 4.78 is 37.0. The van der Waals surface area contributed by atoms with E-state index in [0.29, 0.717) is 5.02 Å². The molecule has 0 radical (unpaired) electrons. The highest BCUT2D eigenvalue weighted by molar-refractivity contribution is 6.30. The number of carbonyl (C=O) groups excluding carboxylic acids is 2. The second-order valence-electron chi connectivity index (χ2n) is 9.48. The number of benzene rings is 1. The Bertz CT molecular complexity index is 1220. The molecule has 0 aliphatic carbocycles. The van der Waals surface area contributed by atoms with E-state index in [1.165, 1.54) is 6.92 Å². The van der Waals surface area contributed by atoms with Crippen molar-refractivity contribution in [3.8, 4) is 0 Å². The number of hydrogen-bond acceptors (Lipinski definition) is 8. The molecule has 0 bridgehead atoms. The smallest absolute Gasteiger partial charge is 0.408 e. The molecule has 0 unspecified atom stereocenters. The fourth-order valence-electron chi connectivity index (χ4n) is 3.49. The van der Waals surface area contributed by atoms with E-state index in [-0.39, 0.29) is 19.6 Å². The second-order valence-corrected chi connectivity index (χ2v) is 9.92. The first-order valence-electron chi connectivity index (χ1n) is 11.5. The lowest BCUT2D eigenvalue weighted by Crippen LogP contribution is -2.43. The normalized spacial score (nSPS) is 20.3. The molecule has 1 saturated heterocycles. The molecule has 11 nitrogen and oxygen atoms in total. The number of nitrogens with zero attached hydrogens (tertiary/aromatic N) is 1. The average molecular weight is 542 g/mol. The molecule has 1 fully saturated rings. The maximum absolute atomic E-state index is 13.8. The maximum atomic E-state index is 13.8. The molecular formula is C24H29ClFN3O8. The first-order valence-corrected chi connectivity index (χ1v) is 11.9. The van der Waals surface area contributed by atoms with Crippen LogP contribution in [0.3, 0.4) is 0 Å². The summed E-state index contributed by atoms with van der Waals surface area (Å²) in [5, 5.41) is 2.95. The van der Waals surface area contributed by atoms with Crippen LogP contribution in [0.5, 0.6) is 0 Å². The van der Waals surface area contributed by atoms with E-state index in [2.05, 4.69) is 5.32 Å². The standard InChI is InChI=1S/C24H29ClFN3O8/c1-13(27-23(33)37-24(2,3)4)21(31)35-12-18-17(34-11-14-5-7-15(25)8-6-14)9-19(36-18)29-10-16(26)20(30)28-22(29)32/h5-8,10,13,17-19H,9,11-12H2,1-4H3,(H,27,33)(H,28,30,32)/t13-,17-,18+,19+/m0/s1. The quantitative estimate of drug-likeness (QED) is 0.486. The van der Waals surface area contributed by atoms with Crippen molar-refractivity contribution in [2.24, 2.45) is 0 Å². The number of rotatable bonds is 8. The number of carbonyl (C=O) groups is 2. The van der Waals surface area contributed by atoms with Gasteiger partial charge in [-0.2, -0.15) is 4.39 Å². The molecule has 13 heteroatoms. The van der Waals surface area contributed by atoms with Crippen molar-refractivity contribution < 1.29 is 32.9 Å². The predicted octanol–water partition coefficient (Wildman–Crippen LogP) is 2.66. The Kier molecular flexibility index (Phi) is 9.11. The SMILES string of the molecule is C[C@H](NC(=O)OC(C)(C)C)C(=O)OC[C@H]1O[C@@H](n2cc(F)c(=O)[nH]c2=O)C[C@@H]1OCc1ccc(Cl)cc1. The van der Waals surface area contributed by atoms with Gasteiger partial charge in [-0.15, -0.1) is 0 Å². The number of aromatic nitrogens is 2. The fraction of sp³-hybridized carbons (Fsp3) is 0.500. The lowest BCUT2D eigenvalue weighted by atomic mass is 10.1. The van der Waals surface area contributed by atoms with Gasteiger partial charge in [0, 0.05) is 11.4 Å². The number of nitrogens with one attached hydrogen (secondary N) is 2. The Labute approximate surface area is 216 Å². The average Bonchev–Trinajstić information content (AvgIpc) is 3.20. The number of halogens is 2. The third kappa shape index (κ3) is 8.14. The summed E-state index contributed by atoms with van der Waals surface area (Å²) >= 11 is 5.92. The van der Waals surface area contributed by atoms with Crippen molar-refractivity contribution in [2.45, 2.75) is 70.8 Å². The van der Waals surface area contributed by atoms with Crippen LogP contribution in [0.4, 0.5) is 9.18 Å². The van der Waals surface area contributed by atoms with Crippen molar-refractivity contribution in [3.63, 3.8) is 0 Å². The predicted molar refractivity (Wildman–Crippen MR) is 130 cm³/mol. The van der Waals surface area contributed by atoms with Crippen LogP contribution in [-0.2, 0) is 30.3 Å². The minimum absolute atomic E-state index is 0.104. The van der Waals surface area contributed by atoms with E-state index >= 15 is 0 Å². The molecule has 3 rings (SSSR count). The van der Waals surface area contributed by atoms with Crippen LogP contribution in [0.1, 0.15) is 45.9 Å². The summed E-state index contributed by atoms with van der Waals surface area (Å²) in [5.74, 6) is -1.90. The van der Waals surface area contributed by atoms with Crippen LogP contribution in [0, 0.1) is 5.82 Å². The number of amides is 1. The number of esters is 1. The van der Waals surface area contributed by atoms with Crippen LogP contribution in [0.25, 0.3) is 0 Å². The summed E-state index contributed by atoms with van der Waals surface area (Å²) in [6.07, 6.45) is -2.41. The zero-order valence-electron chi connectivity index (χ0n) is 20.8. The van der Waals surface area contributed by atoms with Gasteiger partial charge in [0.25, 0.3) is 5.56 Å². The Morgan fingerprint density at radius 3 is 2.59 bits per heavy atom. The first-order chi connectivity index (χ1) is 17.3. The zero-order chi connectivity index (χ0) is 27.3. The number of H-pyrrole nitrogens is 1. The van der Waals surface area contributed by atoms with E-state index in [4.69, 9.17) is 30.5 Å². The molecule has 2 aromatic rings. The minimum Gasteiger partial charge on any atom is -0.461 e. The van der Waals surface area contributed by atoms with Gasteiger partial charge in [0.2, 0.25) is 5.82 Å². The van der Waals surface area contributed by atoms with Crippen LogP contribution >= 0.6 is 11.6 Å². The number of hydrogen-bond donors (Lipinski definition) is 2. The third-order valence-electron chi connectivity index (χ3n) is 5.27. The van der Waals surface area contributed by atoms with Crippen molar-refractivity contribution >= 4 is 23.7 Å². The van der Waals surface area contributed by atoms with Crippen molar-refractivity contribution in [1.29, 1.82) is 0 Å². The third-order valence-corrected chi connectivity index (χ3v) is 5.52. The zero-order valence-corrected chi connectivity index (χ0v) is 21.5. The molecule has 202 valence electrons. The van der Waals surface area contributed by atoms with Crippen LogP contribution in [-0.4, -0.2) is 52.1 Å². The molecule has 0 spiro atoms. The van der Waals surface area contributed by atoms with Gasteiger partial charge in [-0.25, -0.2) is 14.4 Å². The van der Waals surface area contributed by atoms with E-state index in [0.717, 1.165) is 16.3 Å². The Balaban J connectivity index is 1.68. The van der Waals surface area contributed by atoms with Gasteiger partial charge in [0.15, 0.2) is 0 Å². The Morgan fingerprint density at radius 2 is 1.95 bits per heavy atom. The summed E-state index contributed by atoms with van der Waals surface area (Å²) in [4.78, 5) is 49.9. The molecule has 1 aromatic carbocycles. The lowest BCUT2D eigenvalue weighted by molar-refractivity contribution is -0.153. The van der Waals surface area contributed by atoms with Gasteiger partial charge in [0.1, 0.15) is 30.6 Å². The van der Waals surface area contributed by atoms with E-state index in [1.54, 1.807) is 45.0 Å². The van der Waals surface area contributed by atoms with E-state index in [1.807, 2.05) is 4.98 Å². The summed E-state index contributed by atoms with van der Waals surface area (Å²) in [6.45, 7) is 6.38. The first kappa shape index (κ1) is 28.4. The van der Waals surface area contributed by atoms with Gasteiger partial charge in [-0.1, -0.05) is 23.7 Å². The van der Waals surface area contributed by atoms with Crippen molar-refractivity contribution in [3.05, 3.63) is 67.7 Å². The molecule has 37 heavy (non-hydrogen) atoms. The Morgan fingerprint density at radius 1 is 1.27 bits per heavy atom. The van der Waals surface area contributed by atoms with E-state index < -0.39 is 59.2 Å². The van der Waals surface area contributed by atoms with Gasteiger partial charge in [0.05, 0.1) is 18.9 Å². The Hall–Kier alpha value is -3.22. The second kappa shape index (κ2) is 11.9. The minimum atomic E-state index is -1.15. The summed E-state index contributed by atoms with van der Waals surface area (Å²) in [5.41, 5.74) is -1.94. The van der Waals surface area contributed by atoms with Crippen molar-refractivity contribution in [2.75, 3.05) is 6.61 Å². The highest BCUT2D eigenvalue weighted by Crippen LogP contribution is 2.31. The van der Waals surface area contributed by atoms with Gasteiger partial charge < -0.3 is 24.3 Å². The summed E-state index contributed by atoms with van der Waals surface area (Å²) in [6, 6.07) is 5.94. The number of aromatic amines is 1. The van der Waals surface area contributed by atoms with Crippen LogP contribution < -0.4 is 16.6 Å². The van der Waals surface area contributed by atoms with Gasteiger partial charge in [-0.3, -0.25) is 14.3 Å². The van der Waals surface area contributed by atoms with E-state index in [9.17, 15) is 23.6 Å². The monoisotopic (exact) mass is 541 g/mol. The highest BCUT2D eigenvalue weighted by atomic mass is 35.5. The van der Waals surface area contributed by atoms with Crippen LogP contribution in [0.2, 0.25) is 5.02 Å². The fourth-order valence-corrected chi connectivity index (χ4v) is 3.61. The summed E-state index contributed by atoms with van der Waals surface area (Å²) in [7, 11) is 0. The van der Waals surface area contributed by atoms with Gasteiger partial charge in [-0.05, 0) is 45.4 Å². The molecule has 4 atom stereocenters. The molecule has 2 heterocycles. The number of ether oxygens (including phenoxy) is 4. The molecule has 1 aliphatic rings. The lowest BCUT2D eigenvalue weighted by Gasteiger charge is -2.22. The highest BCUT2D eigenvalue weighted by Gasteiger charge is 2.39. The molecule has 1 amide bonds. The molecule has 1 aliphatic heterocycles. The number of alkyl carbamates (subject to hydrolysis) is 1. The van der Waals surface area contributed by atoms with Crippen LogP contribution in [0.15, 0.2) is 40.1 Å². The topological polar surface area (TPSA) is 138 Å². The molecular weight excluding hydrogens is 513 g/mol. The largest absolute Gasteiger partial charge is 0.461 e.